The van der Waals surface area contributed by atoms with Gasteiger partial charge in [0.05, 0.1) is 40.9 Å². The summed E-state index contributed by atoms with van der Waals surface area (Å²) in [4.78, 5) is 40.3. The normalized spacial score (nSPS) is 14.4. The second kappa shape index (κ2) is 16.7. The van der Waals surface area contributed by atoms with E-state index in [0.29, 0.717) is 34.0 Å². The number of nitrogens with zero attached hydrogens (tertiary/aromatic N) is 2. The highest BCUT2D eigenvalue weighted by molar-refractivity contribution is 7.92. The standard InChI is InChI=1S/C37H35F5N4O7S/c1-54(51,52)46(26-12-14-28(38)29(39)19-26)35-32(53-22-47)15-13-27(34(35)45-16-6-11-33(45)49)36(50)44-30(18-23-7-3-2-4-8-23)31(48)21-43-20-24-9-5-10-25(17-24)37(40,41)42/h2-5,7-10,12-15,17,19,22,30-31,43,48H,6,11,16,18,20-21H2,1H3,(H,44,50)/t30-,31+/m0/s1. The van der Waals surface area contributed by atoms with Crippen molar-refractivity contribution in [2.75, 3.05) is 28.6 Å². The van der Waals surface area contributed by atoms with Gasteiger partial charge in [0.2, 0.25) is 15.9 Å². The summed E-state index contributed by atoms with van der Waals surface area (Å²) in [7, 11) is -4.51. The number of amides is 2. The van der Waals surface area contributed by atoms with Crippen LogP contribution in [0, 0.1) is 11.6 Å². The lowest BCUT2D eigenvalue weighted by molar-refractivity contribution is -0.137. The van der Waals surface area contributed by atoms with Crippen LogP contribution < -0.4 is 24.6 Å². The van der Waals surface area contributed by atoms with E-state index in [1.807, 2.05) is 0 Å². The first kappa shape index (κ1) is 39.8. The van der Waals surface area contributed by atoms with Gasteiger partial charge in [-0.15, -0.1) is 0 Å². The maximum atomic E-state index is 14.5. The van der Waals surface area contributed by atoms with Crippen molar-refractivity contribution in [1.82, 2.24) is 10.6 Å². The topological polar surface area (TPSA) is 145 Å². The Kier molecular flexibility index (Phi) is 12.3. The van der Waals surface area contributed by atoms with Gasteiger partial charge in [-0.05, 0) is 54.3 Å². The molecule has 0 spiro atoms. The zero-order chi connectivity index (χ0) is 39.2. The Morgan fingerprint density at radius 1 is 1.00 bits per heavy atom. The van der Waals surface area contributed by atoms with E-state index in [9.17, 15) is 49.9 Å². The molecule has 0 radical (unpaired) electrons. The fraction of sp³-hybridized carbons (Fsp3) is 0.270. The van der Waals surface area contributed by atoms with Crippen LogP contribution in [-0.4, -0.2) is 63.3 Å². The molecule has 0 aromatic heterocycles. The molecule has 0 unspecified atom stereocenters. The summed E-state index contributed by atoms with van der Waals surface area (Å²) in [6.45, 7) is -0.262. The molecule has 0 saturated carbocycles. The molecular formula is C37H35F5N4O7S. The van der Waals surface area contributed by atoms with Crippen molar-refractivity contribution in [3.63, 3.8) is 0 Å². The number of carbonyl (C=O) groups excluding carboxylic acids is 3. The number of aliphatic hydroxyl groups excluding tert-OH is 1. The molecule has 54 heavy (non-hydrogen) atoms. The quantitative estimate of drug-likeness (QED) is 0.110. The predicted octanol–water partition coefficient (Wildman–Crippen LogP) is 5.24. The first-order valence-electron chi connectivity index (χ1n) is 16.5. The number of sulfonamides is 1. The highest BCUT2D eigenvalue weighted by atomic mass is 32.2. The van der Waals surface area contributed by atoms with E-state index in [0.717, 1.165) is 35.4 Å². The van der Waals surface area contributed by atoms with E-state index < -0.39 is 74.5 Å². The maximum Gasteiger partial charge on any atom is 0.416 e. The highest BCUT2D eigenvalue weighted by Crippen LogP contribution is 2.47. The smallest absolute Gasteiger partial charge is 0.416 e. The fourth-order valence-electron chi connectivity index (χ4n) is 6.10. The molecule has 1 fully saturated rings. The SMILES string of the molecule is CS(=O)(=O)N(c1ccc(F)c(F)c1)c1c(OC=O)ccc(C(=O)N[C@@H](Cc2ccccc2)[C@H](O)CNCc2cccc(C(F)(F)F)c2)c1N1CCCC1=O. The molecule has 1 saturated heterocycles. The number of anilines is 3. The largest absolute Gasteiger partial charge is 0.426 e. The van der Waals surface area contributed by atoms with Crippen molar-refractivity contribution in [1.29, 1.82) is 0 Å². The Bertz CT molecular complexity index is 2120. The number of hydrogen-bond acceptors (Lipinski definition) is 8. The average molecular weight is 775 g/mol. The molecule has 4 aromatic carbocycles. The van der Waals surface area contributed by atoms with Gasteiger partial charge in [0.25, 0.3) is 12.4 Å². The van der Waals surface area contributed by atoms with E-state index in [1.165, 1.54) is 18.2 Å². The number of rotatable bonds is 15. The van der Waals surface area contributed by atoms with Crippen LogP contribution in [0.3, 0.4) is 0 Å². The third-order valence-electron chi connectivity index (χ3n) is 8.57. The number of benzene rings is 4. The summed E-state index contributed by atoms with van der Waals surface area (Å²) >= 11 is 0. The minimum absolute atomic E-state index is 0.00155. The summed E-state index contributed by atoms with van der Waals surface area (Å²) < 4.78 is 101. The molecule has 11 nitrogen and oxygen atoms in total. The Labute approximate surface area is 307 Å². The Balaban J connectivity index is 1.55. The van der Waals surface area contributed by atoms with Crippen molar-refractivity contribution in [2.45, 2.75) is 44.1 Å². The van der Waals surface area contributed by atoms with Crippen molar-refractivity contribution in [3.8, 4) is 5.75 Å². The van der Waals surface area contributed by atoms with Crippen LogP contribution in [0.1, 0.15) is 39.9 Å². The first-order valence-corrected chi connectivity index (χ1v) is 18.4. The van der Waals surface area contributed by atoms with Crippen molar-refractivity contribution < 1.29 is 54.6 Å². The summed E-state index contributed by atoms with van der Waals surface area (Å²) in [6, 6.07) is 16.8. The van der Waals surface area contributed by atoms with Crippen LogP contribution in [0.4, 0.5) is 39.0 Å². The zero-order valence-corrected chi connectivity index (χ0v) is 29.5. The van der Waals surface area contributed by atoms with Crippen molar-refractivity contribution >= 4 is 45.4 Å². The van der Waals surface area contributed by atoms with Gasteiger partial charge in [-0.2, -0.15) is 13.2 Å². The van der Waals surface area contributed by atoms with Gasteiger partial charge in [0.15, 0.2) is 17.4 Å². The molecule has 2 atom stereocenters. The Morgan fingerprint density at radius 2 is 1.72 bits per heavy atom. The number of ether oxygens (including phenoxy) is 1. The minimum atomic E-state index is -4.55. The van der Waals surface area contributed by atoms with Gasteiger partial charge >= 0.3 is 6.18 Å². The number of hydrogen-bond donors (Lipinski definition) is 3. The van der Waals surface area contributed by atoms with Crippen LogP contribution in [0.15, 0.2) is 84.9 Å². The maximum absolute atomic E-state index is 14.5. The molecule has 286 valence electrons. The summed E-state index contributed by atoms with van der Waals surface area (Å²) in [6.07, 6.45) is -4.79. The van der Waals surface area contributed by atoms with Gasteiger partial charge in [-0.25, -0.2) is 21.5 Å². The molecule has 5 rings (SSSR count). The number of carbonyl (C=O) groups is 3. The average Bonchev–Trinajstić information content (AvgIpc) is 3.54. The van der Waals surface area contributed by atoms with E-state index in [4.69, 9.17) is 4.74 Å². The Hall–Kier alpha value is -5.39. The lowest BCUT2D eigenvalue weighted by Crippen LogP contribution is -2.49. The summed E-state index contributed by atoms with van der Waals surface area (Å²) in [5, 5.41) is 17.0. The molecule has 3 N–H and O–H groups in total. The van der Waals surface area contributed by atoms with Crippen molar-refractivity contribution in [3.05, 3.63) is 119 Å². The predicted molar refractivity (Wildman–Crippen MR) is 189 cm³/mol. The summed E-state index contributed by atoms with van der Waals surface area (Å²) in [5.74, 6) is -4.56. The van der Waals surface area contributed by atoms with Gasteiger partial charge < -0.3 is 25.4 Å². The van der Waals surface area contributed by atoms with E-state index in [1.54, 1.807) is 30.3 Å². The highest BCUT2D eigenvalue weighted by Gasteiger charge is 2.37. The zero-order valence-electron chi connectivity index (χ0n) is 28.6. The third kappa shape index (κ3) is 9.39. The third-order valence-corrected chi connectivity index (χ3v) is 9.62. The monoisotopic (exact) mass is 774 g/mol. The number of nitrogens with one attached hydrogen (secondary N) is 2. The number of aliphatic hydroxyl groups is 1. The first-order chi connectivity index (χ1) is 25.6. The van der Waals surface area contributed by atoms with Crippen molar-refractivity contribution in [2.24, 2.45) is 0 Å². The van der Waals surface area contributed by atoms with Gasteiger partial charge in [-0.1, -0.05) is 48.5 Å². The van der Waals surface area contributed by atoms with Crippen LogP contribution in [0.25, 0.3) is 0 Å². The van der Waals surface area contributed by atoms with E-state index in [2.05, 4.69) is 10.6 Å². The molecule has 17 heteroatoms. The molecule has 0 aliphatic carbocycles. The van der Waals surface area contributed by atoms with E-state index in [-0.39, 0.29) is 50.2 Å². The van der Waals surface area contributed by atoms with Gasteiger partial charge in [0.1, 0.15) is 5.69 Å². The van der Waals surface area contributed by atoms with Crippen LogP contribution >= 0.6 is 0 Å². The second-order valence-corrected chi connectivity index (χ2v) is 14.3. The fourth-order valence-corrected chi connectivity index (χ4v) is 7.11. The molecule has 4 aromatic rings. The number of alkyl halides is 3. The Morgan fingerprint density at radius 3 is 2.35 bits per heavy atom. The molecule has 1 aliphatic heterocycles. The van der Waals surface area contributed by atoms with Gasteiger partial charge in [0, 0.05) is 32.1 Å². The van der Waals surface area contributed by atoms with Crippen LogP contribution in [-0.2, 0) is 38.8 Å². The number of halogens is 5. The second-order valence-electron chi connectivity index (χ2n) is 12.5. The molecule has 2 amide bonds. The van der Waals surface area contributed by atoms with Crippen LogP contribution in [0.2, 0.25) is 0 Å². The molecule has 1 heterocycles. The lowest BCUT2D eigenvalue weighted by atomic mass is 9.99. The molecule has 0 bridgehead atoms. The van der Waals surface area contributed by atoms with Gasteiger partial charge in [-0.3, -0.25) is 14.4 Å². The summed E-state index contributed by atoms with van der Waals surface area (Å²) in [5.41, 5.74) is -1.43. The van der Waals surface area contributed by atoms with Crippen LogP contribution in [0.5, 0.6) is 5.75 Å². The molecule has 1 aliphatic rings. The van der Waals surface area contributed by atoms with E-state index >= 15 is 0 Å². The minimum Gasteiger partial charge on any atom is -0.426 e. The lowest BCUT2D eigenvalue weighted by Gasteiger charge is -2.31. The molecular weight excluding hydrogens is 739 g/mol.